The maximum Gasteiger partial charge on any atom is 0.438 e. The van der Waals surface area contributed by atoms with Crippen LogP contribution in [0, 0.1) is 0 Å². The van der Waals surface area contributed by atoms with Crippen molar-refractivity contribution in [2.24, 2.45) is 0 Å². The predicted molar refractivity (Wildman–Crippen MR) is 88.3 cm³/mol. The first-order chi connectivity index (χ1) is 11.6. The van der Waals surface area contributed by atoms with Crippen LogP contribution < -0.4 is 15.8 Å². The SMILES string of the molecule is O=C(COc1ccc(Cl)c2ccccc12)NCCc1noc(=O)[nH]1. The molecule has 2 N–H and O–H groups in total. The molecule has 0 saturated carbocycles. The number of H-pyrrole nitrogens is 1. The lowest BCUT2D eigenvalue weighted by molar-refractivity contribution is -0.123. The molecule has 124 valence electrons. The minimum Gasteiger partial charge on any atom is -0.483 e. The Balaban J connectivity index is 1.55. The summed E-state index contributed by atoms with van der Waals surface area (Å²) < 4.78 is 9.95. The number of hydrogen-bond acceptors (Lipinski definition) is 5. The highest BCUT2D eigenvalue weighted by molar-refractivity contribution is 6.35. The molecule has 0 bridgehead atoms. The van der Waals surface area contributed by atoms with Crippen LogP contribution in [-0.4, -0.2) is 29.2 Å². The minimum atomic E-state index is -0.616. The average molecular weight is 348 g/mol. The first-order valence-electron chi connectivity index (χ1n) is 7.25. The molecule has 1 amide bonds. The van der Waals surface area contributed by atoms with Crippen molar-refractivity contribution in [3.05, 3.63) is 57.8 Å². The van der Waals surface area contributed by atoms with Crippen molar-refractivity contribution in [3.8, 4) is 5.75 Å². The van der Waals surface area contributed by atoms with Crippen molar-refractivity contribution >= 4 is 28.3 Å². The van der Waals surface area contributed by atoms with E-state index in [9.17, 15) is 9.59 Å². The Kier molecular flexibility index (Phi) is 4.81. The van der Waals surface area contributed by atoms with Crippen molar-refractivity contribution < 1.29 is 14.1 Å². The molecule has 0 atom stereocenters. The Morgan fingerprint density at radius 3 is 2.79 bits per heavy atom. The summed E-state index contributed by atoms with van der Waals surface area (Å²) >= 11 is 6.15. The van der Waals surface area contributed by atoms with Crippen molar-refractivity contribution in [3.63, 3.8) is 0 Å². The number of halogens is 1. The molecular weight excluding hydrogens is 334 g/mol. The molecule has 2 aromatic carbocycles. The zero-order valence-electron chi connectivity index (χ0n) is 12.5. The number of aromatic amines is 1. The number of fused-ring (bicyclic) bond motifs is 1. The van der Waals surface area contributed by atoms with Crippen LogP contribution in [0.15, 0.2) is 45.7 Å². The van der Waals surface area contributed by atoms with Gasteiger partial charge in [-0.15, -0.1) is 0 Å². The summed E-state index contributed by atoms with van der Waals surface area (Å²) in [5.41, 5.74) is 0. The highest BCUT2D eigenvalue weighted by Crippen LogP contribution is 2.31. The Bertz CT molecular complexity index is 919. The van der Waals surface area contributed by atoms with E-state index in [2.05, 4.69) is 20.0 Å². The zero-order chi connectivity index (χ0) is 16.9. The third-order valence-corrected chi connectivity index (χ3v) is 3.69. The van der Waals surface area contributed by atoms with E-state index in [1.807, 2.05) is 24.3 Å². The summed E-state index contributed by atoms with van der Waals surface area (Å²) in [6, 6.07) is 11.0. The van der Waals surface area contributed by atoms with E-state index in [1.54, 1.807) is 12.1 Å². The highest BCUT2D eigenvalue weighted by atomic mass is 35.5. The largest absolute Gasteiger partial charge is 0.483 e. The fourth-order valence-corrected chi connectivity index (χ4v) is 2.47. The van der Waals surface area contributed by atoms with Gasteiger partial charge in [-0.25, -0.2) is 4.79 Å². The lowest BCUT2D eigenvalue weighted by atomic mass is 10.1. The predicted octanol–water partition coefficient (Wildman–Crippen LogP) is 1.91. The molecule has 3 aromatic rings. The van der Waals surface area contributed by atoms with E-state index in [4.69, 9.17) is 16.3 Å². The smallest absolute Gasteiger partial charge is 0.438 e. The second kappa shape index (κ2) is 7.18. The quantitative estimate of drug-likeness (QED) is 0.710. The van der Waals surface area contributed by atoms with Gasteiger partial charge in [0.25, 0.3) is 5.91 Å². The minimum absolute atomic E-state index is 0.124. The summed E-state index contributed by atoms with van der Waals surface area (Å²) in [4.78, 5) is 25.0. The van der Waals surface area contributed by atoms with Gasteiger partial charge in [-0.2, -0.15) is 0 Å². The number of carbonyl (C=O) groups is 1. The molecule has 7 nitrogen and oxygen atoms in total. The van der Waals surface area contributed by atoms with Crippen LogP contribution in [0.2, 0.25) is 5.02 Å². The summed E-state index contributed by atoms with van der Waals surface area (Å²) in [7, 11) is 0. The van der Waals surface area contributed by atoms with Gasteiger partial charge in [0.2, 0.25) is 0 Å². The first-order valence-corrected chi connectivity index (χ1v) is 7.63. The van der Waals surface area contributed by atoms with Gasteiger partial charge < -0.3 is 10.1 Å². The van der Waals surface area contributed by atoms with Crippen LogP contribution in [-0.2, 0) is 11.2 Å². The Hall–Kier alpha value is -2.80. The number of nitrogens with one attached hydrogen (secondary N) is 2. The van der Waals surface area contributed by atoms with Crippen LogP contribution in [0.1, 0.15) is 5.82 Å². The fourth-order valence-electron chi connectivity index (χ4n) is 2.24. The number of hydrogen-bond donors (Lipinski definition) is 2. The number of amides is 1. The van der Waals surface area contributed by atoms with E-state index in [-0.39, 0.29) is 12.5 Å². The number of aromatic nitrogens is 2. The normalized spacial score (nSPS) is 10.7. The lowest BCUT2D eigenvalue weighted by Crippen LogP contribution is -2.30. The van der Waals surface area contributed by atoms with Crippen LogP contribution in [0.5, 0.6) is 5.75 Å². The molecule has 0 aliphatic carbocycles. The van der Waals surface area contributed by atoms with Gasteiger partial charge >= 0.3 is 5.76 Å². The molecule has 0 radical (unpaired) electrons. The fraction of sp³-hybridized carbons (Fsp3) is 0.188. The molecule has 3 rings (SSSR count). The Labute approximate surface area is 141 Å². The zero-order valence-corrected chi connectivity index (χ0v) is 13.3. The van der Waals surface area contributed by atoms with Crippen LogP contribution in [0.3, 0.4) is 0 Å². The van der Waals surface area contributed by atoms with Gasteiger partial charge in [0.15, 0.2) is 12.4 Å². The monoisotopic (exact) mass is 347 g/mol. The van der Waals surface area contributed by atoms with Crippen molar-refractivity contribution in [1.29, 1.82) is 0 Å². The molecule has 1 aromatic heterocycles. The summed E-state index contributed by atoms with van der Waals surface area (Å²) in [5, 5.41) is 8.53. The Morgan fingerprint density at radius 1 is 1.25 bits per heavy atom. The number of nitrogens with zero attached hydrogens (tertiary/aromatic N) is 1. The van der Waals surface area contributed by atoms with E-state index >= 15 is 0 Å². The third-order valence-electron chi connectivity index (χ3n) is 3.36. The molecule has 24 heavy (non-hydrogen) atoms. The Morgan fingerprint density at radius 2 is 2.04 bits per heavy atom. The number of carbonyl (C=O) groups excluding carboxylic acids is 1. The number of rotatable bonds is 6. The summed E-state index contributed by atoms with van der Waals surface area (Å²) in [5.74, 6) is 0.0741. The van der Waals surface area contributed by atoms with Gasteiger partial charge in [-0.3, -0.25) is 14.3 Å². The van der Waals surface area contributed by atoms with Gasteiger partial charge in [-0.05, 0) is 12.1 Å². The topological polar surface area (TPSA) is 97.2 Å². The summed E-state index contributed by atoms with van der Waals surface area (Å²) in [6.45, 7) is 0.187. The molecular formula is C16H14ClN3O4. The van der Waals surface area contributed by atoms with Crippen molar-refractivity contribution in [1.82, 2.24) is 15.5 Å². The van der Waals surface area contributed by atoms with Gasteiger partial charge in [-0.1, -0.05) is 41.0 Å². The van der Waals surface area contributed by atoms with Gasteiger partial charge in [0, 0.05) is 28.8 Å². The molecule has 0 unspecified atom stereocenters. The van der Waals surface area contributed by atoms with E-state index in [1.165, 1.54) is 0 Å². The lowest BCUT2D eigenvalue weighted by Gasteiger charge is -2.10. The third kappa shape index (κ3) is 3.75. The van der Waals surface area contributed by atoms with E-state index < -0.39 is 5.76 Å². The van der Waals surface area contributed by atoms with Crippen molar-refractivity contribution in [2.75, 3.05) is 13.2 Å². The van der Waals surface area contributed by atoms with Crippen LogP contribution in [0.4, 0.5) is 0 Å². The molecule has 0 saturated heterocycles. The second-order valence-corrected chi connectivity index (χ2v) is 5.43. The standard InChI is InChI=1S/C16H14ClN3O4/c17-12-5-6-13(11-4-2-1-3-10(11)12)23-9-15(21)18-8-7-14-19-16(22)24-20-14/h1-6H,7-9H2,(H,18,21)(H,19,20,22). The maximum atomic E-state index is 11.8. The second-order valence-electron chi connectivity index (χ2n) is 5.02. The van der Waals surface area contributed by atoms with E-state index in [0.717, 1.165) is 10.8 Å². The van der Waals surface area contributed by atoms with Gasteiger partial charge in [0.05, 0.1) is 0 Å². The van der Waals surface area contributed by atoms with Gasteiger partial charge in [0.1, 0.15) is 5.75 Å². The molecule has 1 heterocycles. The van der Waals surface area contributed by atoms with Crippen molar-refractivity contribution in [2.45, 2.75) is 6.42 Å². The maximum absolute atomic E-state index is 11.8. The average Bonchev–Trinajstić information content (AvgIpc) is 3.00. The first kappa shape index (κ1) is 16.1. The number of ether oxygens (including phenoxy) is 1. The molecule has 8 heteroatoms. The molecule has 0 fully saturated rings. The molecule has 0 spiro atoms. The molecule has 0 aliphatic heterocycles. The summed E-state index contributed by atoms with van der Waals surface area (Å²) in [6.07, 6.45) is 0.362. The van der Waals surface area contributed by atoms with E-state index in [0.29, 0.717) is 29.6 Å². The van der Waals surface area contributed by atoms with Crippen LogP contribution in [0.25, 0.3) is 10.8 Å². The molecule has 0 aliphatic rings. The number of benzene rings is 2. The van der Waals surface area contributed by atoms with Crippen LogP contribution >= 0.6 is 11.6 Å². The highest BCUT2D eigenvalue weighted by Gasteiger charge is 2.08.